The molecule has 4 heteroatoms. The Morgan fingerprint density at radius 3 is 2.35 bits per heavy atom. The van der Waals surface area contributed by atoms with Crippen LogP contribution in [0.4, 0.5) is 0 Å². The van der Waals surface area contributed by atoms with Crippen LogP contribution in [0.5, 0.6) is 5.75 Å². The van der Waals surface area contributed by atoms with E-state index in [9.17, 15) is 4.79 Å². The van der Waals surface area contributed by atoms with E-state index < -0.39 is 0 Å². The summed E-state index contributed by atoms with van der Waals surface area (Å²) in [6.07, 6.45) is 1.62. The standard InChI is InChI=1S/C19H22N2O2/c1-19(2,3)15-11-9-14(10-12-15)13-20-21-18(22)16-7-5-6-8-17(16)23-4/h5-13H,1-4H3,(H,21,22). The molecule has 2 rings (SSSR count). The second kappa shape index (κ2) is 7.09. The third kappa shape index (κ3) is 4.42. The van der Waals surface area contributed by atoms with Crippen molar-refractivity contribution in [3.63, 3.8) is 0 Å². The fourth-order valence-electron chi connectivity index (χ4n) is 2.13. The number of para-hydroxylation sites is 1. The summed E-state index contributed by atoms with van der Waals surface area (Å²) in [5.74, 6) is 0.222. The Balaban J connectivity index is 2.03. The van der Waals surface area contributed by atoms with E-state index in [1.54, 1.807) is 24.4 Å². The van der Waals surface area contributed by atoms with Crippen LogP contribution in [0.1, 0.15) is 42.3 Å². The minimum absolute atomic E-state index is 0.119. The second-order valence-electron chi connectivity index (χ2n) is 6.27. The molecular formula is C19H22N2O2. The van der Waals surface area contributed by atoms with Gasteiger partial charge >= 0.3 is 0 Å². The molecule has 0 aliphatic rings. The SMILES string of the molecule is COc1ccccc1C(=O)NN=Cc1ccc(C(C)(C)C)cc1. The normalized spacial score (nSPS) is 11.5. The molecule has 0 atom stereocenters. The maximum Gasteiger partial charge on any atom is 0.275 e. The fraction of sp³-hybridized carbons (Fsp3) is 0.263. The summed E-state index contributed by atoms with van der Waals surface area (Å²) in [7, 11) is 1.53. The highest BCUT2D eigenvalue weighted by molar-refractivity contribution is 5.97. The first-order valence-corrected chi connectivity index (χ1v) is 7.49. The van der Waals surface area contributed by atoms with Gasteiger partial charge in [0.2, 0.25) is 0 Å². The van der Waals surface area contributed by atoms with Crippen LogP contribution < -0.4 is 10.2 Å². The van der Waals surface area contributed by atoms with E-state index in [0.29, 0.717) is 11.3 Å². The highest BCUT2D eigenvalue weighted by Gasteiger charge is 2.12. The van der Waals surface area contributed by atoms with Gasteiger partial charge in [0, 0.05) is 0 Å². The molecule has 0 spiro atoms. The van der Waals surface area contributed by atoms with Gasteiger partial charge in [-0.3, -0.25) is 4.79 Å². The van der Waals surface area contributed by atoms with Gasteiger partial charge < -0.3 is 4.74 Å². The molecule has 0 saturated carbocycles. The molecule has 1 amide bonds. The maximum absolute atomic E-state index is 12.1. The third-order valence-electron chi connectivity index (χ3n) is 3.51. The zero-order chi connectivity index (χ0) is 16.9. The van der Waals surface area contributed by atoms with E-state index in [2.05, 4.69) is 43.4 Å². The first-order valence-electron chi connectivity index (χ1n) is 7.49. The van der Waals surface area contributed by atoms with Crippen molar-refractivity contribution in [3.05, 3.63) is 65.2 Å². The summed E-state index contributed by atoms with van der Waals surface area (Å²) < 4.78 is 5.16. The van der Waals surface area contributed by atoms with Gasteiger partial charge in [0.15, 0.2) is 0 Å². The van der Waals surface area contributed by atoms with Crippen molar-refractivity contribution in [2.24, 2.45) is 5.10 Å². The van der Waals surface area contributed by atoms with Crippen molar-refractivity contribution >= 4 is 12.1 Å². The Morgan fingerprint density at radius 1 is 1.09 bits per heavy atom. The lowest BCUT2D eigenvalue weighted by Gasteiger charge is -2.18. The van der Waals surface area contributed by atoms with Gasteiger partial charge in [-0.25, -0.2) is 5.43 Å². The van der Waals surface area contributed by atoms with E-state index in [0.717, 1.165) is 5.56 Å². The molecule has 0 aliphatic carbocycles. The van der Waals surface area contributed by atoms with E-state index in [1.165, 1.54) is 12.7 Å². The number of rotatable bonds is 4. The largest absolute Gasteiger partial charge is 0.496 e. The molecule has 1 N–H and O–H groups in total. The molecule has 23 heavy (non-hydrogen) atoms. The zero-order valence-corrected chi connectivity index (χ0v) is 14.0. The highest BCUT2D eigenvalue weighted by Crippen LogP contribution is 2.21. The molecule has 0 bridgehead atoms. The van der Waals surface area contributed by atoms with Crippen molar-refractivity contribution in [1.29, 1.82) is 0 Å². The van der Waals surface area contributed by atoms with E-state index in [4.69, 9.17) is 4.74 Å². The average Bonchev–Trinajstić information content (AvgIpc) is 2.54. The van der Waals surface area contributed by atoms with Crippen molar-refractivity contribution in [2.45, 2.75) is 26.2 Å². The first kappa shape index (κ1) is 16.7. The molecule has 4 nitrogen and oxygen atoms in total. The number of benzene rings is 2. The molecule has 2 aromatic rings. The number of hydrogen-bond acceptors (Lipinski definition) is 3. The molecule has 0 saturated heterocycles. The summed E-state index contributed by atoms with van der Waals surface area (Å²) in [5.41, 5.74) is 5.28. The number of hydrazone groups is 1. The lowest BCUT2D eigenvalue weighted by Crippen LogP contribution is -2.18. The monoisotopic (exact) mass is 310 g/mol. The van der Waals surface area contributed by atoms with Crippen molar-refractivity contribution in [2.75, 3.05) is 7.11 Å². The Morgan fingerprint density at radius 2 is 1.74 bits per heavy atom. The lowest BCUT2D eigenvalue weighted by atomic mass is 9.87. The average molecular weight is 310 g/mol. The third-order valence-corrected chi connectivity index (χ3v) is 3.51. The molecule has 0 aliphatic heterocycles. The highest BCUT2D eigenvalue weighted by atomic mass is 16.5. The minimum Gasteiger partial charge on any atom is -0.496 e. The molecule has 0 aromatic heterocycles. The molecule has 0 unspecified atom stereocenters. The molecule has 0 heterocycles. The van der Waals surface area contributed by atoms with Crippen LogP contribution in [0, 0.1) is 0 Å². The molecule has 120 valence electrons. The summed E-state index contributed by atoms with van der Waals surface area (Å²) in [6.45, 7) is 6.51. The van der Waals surface area contributed by atoms with Gasteiger partial charge in [-0.15, -0.1) is 0 Å². The van der Waals surface area contributed by atoms with Crippen LogP contribution in [-0.2, 0) is 5.41 Å². The summed E-state index contributed by atoms with van der Waals surface area (Å²) >= 11 is 0. The number of ether oxygens (including phenoxy) is 1. The Hall–Kier alpha value is -2.62. The van der Waals surface area contributed by atoms with Gasteiger partial charge in [-0.1, -0.05) is 57.2 Å². The lowest BCUT2D eigenvalue weighted by molar-refractivity contribution is 0.0952. The Labute approximate surface area is 137 Å². The van der Waals surface area contributed by atoms with Crippen LogP contribution >= 0.6 is 0 Å². The Kier molecular flexibility index (Phi) is 5.16. The van der Waals surface area contributed by atoms with Crippen LogP contribution in [0.3, 0.4) is 0 Å². The minimum atomic E-state index is -0.301. The van der Waals surface area contributed by atoms with E-state index >= 15 is 0 Å². The molecular weight excluding hydrogens is 288 g/mol. The van der Waals surface area contributed by atoms with Crippen LogP contribution in [-0.4, -0.2) is 19.2 Å². The Bertz CT molecular complexity index is 698. The smallest absolute Gasteiger partial charge is 0.275 e. The molecule has 2 aromatic carbocycles. The number of hydrogen-bond donors (Lipinski definition) is 1. The van der Waals surface area contributed by atoms with Crippen molar-refractivity contribution < 1.29 is 9.53 Å². The topological polar surface area (TPSA) is 50.7 Å². The van der Waals surface area contributed by atoms with E-state index in [1.807, 2.05) is 18.2 Å². The summed E-state index contributed by atoms with van der Waals surface area (Å²) in [5, 5.41) is 4.01. The first-order chi connectivity index (χ1) is 10.9. The summed E-state index contributed by atoms with van der Waals surface area (Å²) in [6, 6.07) is 15.2. The predicted molar refractivity (Wildman–Crippen MR) is 93.2 cm³/mol. The van der Waals surface area contributed by atoms with Gasteiger partial charge in [-0.05, 0) is 28.7 Å². The quantitative estimate of drug-likeness (QED) is 0.690. The van der Waals surface area contributed by atoms with Gasteiger partial charge in [0.05, 0.1) is 18.9 Å². The van der Waals surface area contributed by atoms with Crippen LogP contribution in [0.25, 0.3) is 0 Å². The number of amides is 1. The number of methoxy groups -OCH3 is 1. The van der Waals surface area contributed by atoms with E-state index in [-0.39, 0.29) is 11.3 Å². The molecule has 0 radical (unpaired) electrons. The van der Waals surface area contributed by atoms with Gasteiger partial charge in [0.1, 0.15) is 5.75 Å². The van der Waals surface area contributed by atoms with Crippen LogP contribution in [0.15, 0.2) is 53.6 Å². The van der Waals surface area contributed by atoms with Gasteiger partial charge in [-0.2, -0.15) is 5.10 Å². The number of carbonyl (C=O) groups excluding carboxylic acids is 1. The summed E-state index contributed by atoms with van der Waals surface area (Å²) in [4.78, 5) is 12.1. The fourth-order valence-corrected chi connectivity index (χ4v) is 2.13. The number of nitrogens with zero attached hydrogens (tertiary/aromatic N) is 1. The predicted octanol–water partition coefficient (Wildman–Crippen LogP) is 3.76. The zero-order valence-electron chi connectivity index (χ0n) is 14.0. The van der Waals surface area contributed by atoms with Crippen molar-refractivity contribution in [1.82, 2.24) is 5.43 Å². The van der Waals surface area contributed by atoms with Gasteiger partial charge in [0.25, 0.3) is 5.91 Å². The second-order valence-corrected chi connectivity index (χ2v) is 6.27. The van der Waals surface area contributed by atoms with Crippen molar-refractivity contribution in [3.8, 4) is 5.75 Å². The number of nitrogens with one attached hydrogen (secondary N) is 1. The maximum atomic E-state index is 12.1. The number of carbonyl (C=O) groups is 1. The molecule has 0 fully saturated rings. The van der Waals surface area contributed by atoms with Crippen LogP contribution in [0.2, 0.25) is 0 Å².